The van der Waals surface area contributed by atoms with E-state index in [9.17, 15) is 4.79 Å². The molecule has 0 bridgehead atoms. The van der Waals surface area contributed by atoms with Crippen LogP contribution in [-0.4, -0.2) is 19.2 Å². The molecule has 0 saturated carbocycles. The Labute approximate surface area is 135 Å². The van der Waals surface area contributed by atoms with Crippen LogP contribution in [0.25, 0.3) is 0 Å². The van der Waals surface area contributed by atoms with Gasteiger partial charge >= 0.3 is 5.97 Å². The zero-order chi connectivity index (χ0) is 15.9. The lowest BCUT2D eigenvalue weighted by Gasteiger charge is -2.10. The molecular formula is C18H19ClO3. The van der Waals surface area contributed by atoms with Crippen LogP contribution in [-0.2, 0) is 16.0 Å². The van der Waals surface area contributed by atoms with Crippen LogP contribution in [0.1, 0.15) is 23.6 Å². The van der Waals surface area contributed by atoms with Gasteiger partial charge in [-0.3, -0.25) is 0 Å². The predicted molar refractivity (Wildman–Crippen MR) is 87.6 cm³/mol. The molecule has 2 rings (SSSR count). The summed E-state index contributed by atoms with van der Waals surface area (Å²) >= 11 is 5.89. The van der Waals surface area contributed by atoms with E-state index in [0.29, 0.717) is 12.4 Å². The summed E-state index contributed by atoms with van der Waals surface area (Å²) in [5.74, 6) is 0.347. The van der Waals surface area contributed by atoms with Gasteiger partial charge in [0.1, 0.15) is 5.75 Å². The summed E-state index contributed by atoms with van der Waals surface area (Å²) in [5, 5.41) is 0.739. The van der Waals surface area contributed by atoms with Crippen molar-refractivity contribution < 1.29 is 14.3 Å². The van der Waals surface area contributed by atoms with E-state index in [1.54, 1.807) is 6.92 Å². The molecule has 0 aliphatic carbocycles. The molecule has 0 N–H and O–H groups in total. The number of esters is 1. The van der Waals surface area contributed by atoms with Crippen molar-refractivity contribution >= 4 is 17.6 Å². The number of aryl methyl sites for hydroxylation is 1. The van der Waals surface area contributed by atoms with Crippen molar-refractivity contribution in [2.75, 3.05) is 13.2 Å². The highest BCUT2D eigenvalue weighted by atomic mass is 35.5. The van der Waals surface area contributed by atoms with Crippen LogP contribution >= 0.6 is 11.6 Å². The van der Waals surface area contributed by atoms with Crippen molar-refractivity contribution in [1.29, 1.82) is 0 Å². The maximum absolute atomic E-state index is 11.3. The summed E-state index contributed by atoms with van der Waals surface area (Å²) < 4.78 is 10.3. The second-order valence-corrected chi connectivity index (χ2v) is 5.43. The molecule has 0 aromatic heterocycles. The minimum Gasteiger partial charge on any atom is -0.482 e. The Bertz CT molecular complexity index is 635. The molecule has 0 radical (unpaired) electrons. The third-order valence-electron chi connectivity index (χ3n) is 3.21. The number of ether oxygens (including phenoxy) is 2. The molecule has 0 aliphatic heterocycles. The SMILES string of the molecule is CCOC(=O)COc1ccc(Cc2ccc(Cl)cc2)cc1C. The van der Waals surface area contributed by atoms with Crippen LogP contribution in [0.4, 0.5) is 0 Å². The lowest BCUT2D eigenvalue weighted by atomic mass is 10.0. The molecule has 0 aliphatic rings. The normalized spacial score (nSPS) is 10.3. The Balaban J connectivity index is 1.99. The summed E-state index contributed by atoms with van der Waals surface area (Å²) in [6.07, 6.45) is 0.830. The van der Waals surface area contributed by atoms with E-state index in [4.69, 9.17) is 21.1 Å². The second kappa shape index (κ2) is 7.85. The van der Waals surface area contributed by atoms with E-state index in [-0.39, 0.29) is 12.6 Å². The van der Waals surface area contributed by atoms with Crippen molar-refractivity contribution in [3.05, 3.63) is 64.2 Å². The van der Waals surface area contributed by atoms with Crippen LogP contribution in [0.2, 0.25) is 5.02 Å². The molecule has 0 heterocycles. The van der Waals surface area contributed by atoms with Gasteiger partial charge in [0.2, 0.25) is 0 Å². The van der Waals surface area contributed by atoms with Crippen molar-refractivity contribution in [3.63, 3.8) is 0 Å². The zero-order valence-corrected chi connectivity index (χ0v) is 13.5. The van der Waals surface area contributed by atoms with Crippen LogP contribution in [0.3, 0.4) is 0 Å². The van der Waals surface area contributed by atoms with Gasteiger partial charge < -0.3 is 9.47 Å². The number of halogens is 1. The lowest BCUT2D eigenvalue weighted by Crippen LogP contribution is -2.15. The van der Waals surface area contributed by atoms with Crippen LogP contribution in [0.5, 0.6) is 5.75 Å². The van der Waals surface area contributed by atoms with Crippen molar-refractivity contribution in [2.45, 2.75) is 20.3 Å². The topological polar surface area (TPSA) is 35.5 Å². The summed E-state index contributed by atoms with van der Waals surface area (Å²) in [7, 11) is 0. The summed E-state index contributed by atoms with van der Waals surface area (Å²) in [4.78, 5) is 11.3. The largest absolute Gasteiger partial charge is 0.482 e. The van der Waals surface area contributed by atoms with Gasteiger partial charge in [-0.15, -0.1) is 0 Å². The first-order chi connectivity index (χ1) is 10.6. The molecule has 22 heavy (non-hydrogen) atoms. The lowest BCUT2D eigenvalue weighted by molar-refractivity contribution is -0.145. The molecule has 0 atom stereocenters. The van der Waals surface area contributed by atoms with Gasteiger partial charge in [-0.2, -0.15) is 0 Å². The highest BCUT2D eigenvalue weighted by molar-refractivity contribution is 6.30. The quantitative estimate of drug-likeness (QED) is 0.749. The minimum absolute atomic E-state index is 0.0643. The molecule has 0 unspecified atom stereocenters. The third kappa shape index (κ3) is 4.78. The van der Waals surface area contributed by atoms with Gasteiger partial charge in [0.05, 0.1) is 6.61 Å². The van der Waals surface area contributed by atoms with Gasteiger partial charge in [-0.25, -0.2) is 4.79 Å². The van der Waals surface area contributed by atoms with E-state index in [2.05, 4.69) is 6.07 Å². The van der Waals surface area contributed by atoms with E-state index < -0.39 is 0 Å². The molecule has 2 aromatic carbocycles. The Morgan fingerprint density at radius 2 is 1.77 bits per heavy atom. The molecule has 0 spiro atoms. The standard InChI is InChI=1S/C18H19ClO3/c1-3-21-18(20)12-22-17-9-6-15(10-13(17)2)11-14-4-7-16(19)8-5-14/h4-10H,3,11-12H2,1-2H3. The number of hydrogen-bond donors (Lipinski definition) is 0. The first-order valence-corrected chi connectivity index (χ1v) is 7.58. The molecule has 0 saturated heterocycles. The average Bonchev–Trinajstić information content (AvgIpc) is 2.49. The van der Waals surface area contributed by atoms with E-state index in [0.717, 1.165) is 17.0 Å². The highest BCUT2D eigenvalue weighted by Gasteiger charge is 2.06. The minimum atomic E-state index is -0.354. The van der Waals surface area contributed by atoms with Crippen LogP contribution in [0, 0.1) is 6.92 Å². The van der Waals surface area contributed by atoms with Gasteiger partial charge in [0.25, 0.3) is 0 Å². The molecule has 3 nitrogen and oxygen atoms in total. The molecule has 0 fully saturated rings. The molecular weight excluding hydrogens is 300 g/mol. The maximum Gasteiger partial charge on any atom is 0.344 e. The highest BCUT2D eigenvalue weighted by Crippen LogP contribution is 2.21. The van der Waals surface area contributed by atoms with Crippen molar-refractivity contribution in [3.8, 4) is 5.75 Å². The Morgan fingerprint density at radius 1 is 1.09 bits per heavy atom. The first kappa shape index (κ1) is 16.4. The monoisotopic (exact) mass is 318 g/mol. The molecule has 2 aromatic rings. The smallest absolute Gasteiger partial charge is 0.344 e. The van der Waals surface area contributed by atoms with E-state index in [1.165, 1.54) is 11.1 Å². The fourth-order valence-corrected chi connectivity index (χ4v) is 2.29. The fourth-order valence-electron chi connectivity index (χ4n) is 2.16. The number of hydrogen-bond acceptors (Lipinski definition) is 3. The van der Waals surface area contributed by atoms with Gasteiger partial charge in [0, 0.05) is 5.02 Å². The number of carbonyl (C=O) groups is 1. The summed E-state index contributed by atoms with van der Waals surface area (Å²) in [6.45, 7) is 4.03. The van der Waals surface area contributed by atoms with Crippen molar-refractivity contribution in [1.82, 2.24) is 0 Å². The Morgan fingerprint density at radius 3 is 2.41 bits per heavy atom. The number of rotatable bonds is 6. The maximum atomic E-state index is 11.3. The molecule has 4 heteroatoms. The van der Waals surface area contributed by atoms with Crippen LogP contribution < -0.4 is 4.74 Å². The summed E-state index contributed by atoms with van der Waals surface area (Å²) in [5.41, 5.74) is 3.38. The van der Waals surface area contributed by atoms with Crippen molar-refractivity contribution in [2.24, 2.45) is 0 Å². The number of carbonyl (C=O) groups excluding carboxylic acids is 1. The van der Waals surface area contributed by atoms with E-state index in [1.807, 2.05) is 43.3 Å². The summed E-state index contributed by atoms with van der Waals surface area (Å²) in [6, 6.07) is 13.8. The van der Waals surface area contributed by atoms with Gasteiger partial charge in [-0.1, -0.05) is 35.9 Å². The van der Waals surface area contributed by atoms with E-state index >= 15 is 0 Å². The van der Waals surface area contributed by atoms with Gasteiger partial charge in [-0.05, 0) is 55.2 Å². The van der Waals surface area contributed by atoms with Gasteiger partial charge in [0.15, 0.2) is 6.61 Å². The average molecular weight is 319 g/mol. The van der Waals surface area contributed by atoms with Crippen LogP contribution in [0.15, 0.2) is 42.5 Å². The first-order valence-electron chi connectivity index (χ1n) is 7.21. The number of benzene rings is 2. The second-order valence-electron chi connectivity index (χ2n) is 5.00. The third-order valence-corrected chi connectivity index (χ3v) is 3.46. The Hall–Kier alpha value is -2.00. The fraction of sp³-hybridized carbons (Fsp3) is 0.278. The molecule has 116 valence electrons. The zero-order valence-electron chi connectivity index (χ0n) is 12.8. The molecule has 0 amide bonds. The Kier molecular flexibility index (Phi) is 5.84. The predicted octanol–water partition coefficient (Wildman–Crippen LogP) is 4.18.